The number of hydrogen-bond acceptors (Lipinski definition) is 7. The predicted molar refractivity (Wildman–Crippen MR) is 154 cm³/mol. The zero-order chi connectivity index (χ0) is 27.9. The molecule has 4 aliphatic rings. The van der Waals surface area contributed by atoms with Crippen molar-refractivity contribution in [2.75, 3.05) is 58.3 Å². The molecule has 1 unspecified atom stereocenters. The number of ether oxygens (including phenoxy) is 1. The summed E-state index contributed by atoms with van der Waals surface area (Å²) >= 11 is 0. The number of aryl methyl sites for hydroxylation is 1. The van der Waals surface area contributed by atoms with Gasteiger partial charge >= 0.3 is 6.01 Å². The summed E-state index contributed by atoms with van der Waals surface area (Å²) in [4.78, 5) is 35.1. The van der Waals surface area contributed by atoms with E-state index in [9.17, 15) is 4.79 Å². The Bertz CT molecular complexity index is 1340. The number of benzene rings is 1. The van der Waals surface area contributed by atoms with Gasteiger partial charge in [-0.05, 0) is 63.5 Å². The summed E-state index contributed by atoms with van der Waals surface area (Å²) in [5.41, 5.74) is 4.94. The molecule has 3 aliphatic heterocycles. The number of aromatic nitrogens is 2. The molecule has 1 aromatic heterocycles. The highest BCUT2D eigenvalue weighted by molar-refractivity contribution is 5.87. The average Bonchev–Trinajstić information content (AvgIpc) is 3.55. The van der Waals surface area contributed by atoms with Crippen molar-refractivity contribution in [3.05, 3.63) is 70.7 Å². The summed E-state index contributed by atoms with van der Waals surface area (Å²) in [5.74, 6) is 0.762. The molecule has 0 saturated carbocycles. The van der Waals surface area contributed by atoms with Crippen molar-refractivity contribution in [3.63, 3.8) is 0 Å². The summed E-state index contributed by atoms with van der Waals surface area (Å²) in [6, 6.07) is 9.42. The fourth-order valence-electron chi connectivity index (χ4n) is 7.26. The maximum absolute atomic E-state index is 12.5. The predicted octanol–water partition coefficient (Wildman–Crippen LogP) is 2.90. The lowest BCUT2D eigenvalue weighted by atomic mass is 9.81. The molecular formula is C31H39N7O2. The van der Waals surface area contributed by atoms with Crippen molar-refractivity contribution in [2.24, 2.45) is 0 Å². The van der Waals surface area contributed by atoms with Crippen molar-refractivity contribution in [1.29, 1.82) is 0 Å². The molecule has 9 nitrogen and oxygen atoms in total. The molecule has 9 heteroatoms. The number of likely N-dealkylation sites (N-methyl/N-ethyl adjacent to an activating group) is 2. The maximum Gasteiger partial charge on any atom is 0.318 e. The van der Waals surface area contributed by atoms with E-state index < -0.39 is 0 Å². The number of fused-ring (bicyclic) bond motifs is 3. The molecular weight excluding hydrogens is 502 g/mol. The van der Waals surface area contributed by atoms with E-state index in [2.05, 4.69) is 64.5 Å². The topological polar surface area (TPSA) is 69.4 Å². The van der Waals surface area contributed by atoms with Crippen molar-refractivity contribution in [2.45, 2.75) is 56.3 Å². The first-order chi connectivity index (χ1) is 19.4. The molecule has 3 atom stereocenters. The van der Waals surface area contributed by atoms with E-state index in [1.807, 2.05) is 0 Å². The Morgan fingerprint density at radius 3 is 2.85 bits per heavy atom. The third kappa shape index (κ3) is 4.63. The molecule has 1 aromatic carbocycles. The Labute approximate surface area is 237 Å². The van der Waals surface area contributed by atoms with Crippen LogP contribution in [0.2, 0.25) is 0 Å². The van der Waals surface area contributed by atoms with Crippen LogP contribution in [-0.4, -0.2) is 96.1 Å². The summed E-state index contributed by atoms with van der Waals surface area (Å²) < 4.78 is 6.33. The van der Waals surface area contributed by atoms with Crippen LogP contribution in [-0.2, 0) is 29.7 Å². The Morgan fingerprint density at radius 1 is 1.23 bits per heavy atom. The lowest BCUT2D eigenvalue weighted by Gasteiger charge is -2.46. The Balaban J connectivity index is 1.36. The maximum atomic E-state index is 12.5. The van der Waals surface area contributed by atoms with E-state index in [-0.39, 0.29) is 24.0 Å². The summed E-state index contributed by atoms with van der Waals surface area (Å²) in [5, 5.41) is 0. The van der Waals surface area contributed by atoms with Gasteiger partial charge in [-0.1, -0.05) is 30.8 Å². The van der Waals surface area contributed by atoms with E-state index in [0.29, 0.717) is 38.3 Å². The molecule has 2 saturated heterocycles. The van der Waals surface area contributed by atoms with Crippen LogP contribution in [0.15, 0.2) is 36.9 Å². The van der Waals surface area contributed by atoms with Crippen molar-refractivity contribution >= 4 is 11.7 Å². The van der Waals surface area contributed by atoms with Crippen LogP contribution in [0, 0.1) is 6.57 Å². The first kappa shape index (κ1) is 26.7. The van der Waals surface area contributed by atoms with Crippen LogP contribution in [0.25, 0.3) is 4.85 Å². The first-order valence-corrected chi connectivity index (χ1v) is 14.5. The van der Waals surface area contributed by atoms with Crippen LogP contribution < -0.4 is 9.64 Å². The molecule has 1 aliphatic carbocycles. The largest absolute Gasteiger partial charge is 0.462 e. The molecule has 2 fully saturated rings. The highest BCUT2D eigenvalue weighted by Crippen LogP contribution is 2.48. The SMILES string of the molecule is [C-]#[N+]C[C@H]1CN(c2nc(OC[C@@H]3CCCN3C)nc3c2CN(C)C2(CCc4ccccc42)C3)CCN1C(=O)C=C. The van der Waals surface area contributed by atoms with Crippen LogP contribution >= 0.6 is 0 Å². The standard InChI is InChI=1S/C31H39N7O2/c1-5-28(39)38-16-15-37(19-24(38)18-32-2)29-25-20-36(4)31(13-12-22-9-6-7-11-26(22)31)17-27(25)33-30(34-29)40-21-23-10-8-14-35(23)3/h5-7,9,11,23-24H,1,8,10,12-21H2,3-4H3/t23-,24-,31?/m0/s1. The fraction of sp³-hybridized carbons (Fsp3) is 0.548. The third-order valence-electron chi connectivity index (χ3n) is 9.58. The molecule has 0 N–H and O–H groups in total. The van der Waals surface area contributed by atoms with Crippen molar-refractivity contribution in [3.8, 4) is 6.01 Å². The molecule has 0 bridgehead atoms. The average molecular weight is 542 g/mol. The first-order valence-electron chi connectivity index (χ1n) is 14.5. The van der Waals surface area contributed by atoms with Crippen LogP contribution in [0.4, 0.5) is 5.82 Å². The molecule has 0 radical (unpaired) electrons. The van der Waals surface area contributed by atoms with Gasteiger partial charge in [0.05, 0.1) is 11.2 Å². The monoisotopic (exact) mass is 541 g/mol. The number of carbonyl (C=O) groups excluding carboxylic acids is 1. The van der Waals surface area contributed by atoms with E-state index >= 15 is 0 Å². The Kier molecular flexibility index (Phi) is 7.24. The van der Waals surface area contributed by atoms with E-state index in [1.54, 1.807) is 4.90 Å². The molecule has 6 rings (SSSR count). The molecule has 210 valence electrons. The summed E-state index contributed by atoms with van der Waals surface area (Å²) in [6.07, 6.45) is 6.61. The van der Waals surface area contributed by atoms with Gasteiger partial charge in [0, 0.05) is 44.2 Å². The Hall–Kier alpha value is -3.48. The quantitative estimate of drug-likeness (QED) is 0.412. The molecule has 1 spiro atoms. The zero-order valence-electron chi connectivity index (χ0n) is 23.7. The highest BCUT2D eigenvalue weighted by Gasteiger charge is 2.47. The van der Waals surface area contributed by atoms with Gasteiger partial charge in [-0.15, -0.1) is 0 Å². The number of rotatable bonds is 6. The van der Waals surface area contributed by atoms with Gasteiger partial charge in [-0.25, -0.2) is 6.57 Å². The van der Waals surface area contributed by atoms with Gasteiger partial charge in [-0.2, -0.15) is 9.97 Å². The van der Waals surface area contributed by atoms with Crippen LogP contribution in [0.1, 0.15) is 41.6 Å². The minimum Gasteiger partial charge on any atom is -0.462 e. The number of carbonyl (C=O) groups is 1. The number of likely N-dealkylation sites (tertiary alicyclic amines) is 1. The van der Waals surface area contributed by atoms with E-state index in [4.69, 9.17) is 21.3 Å². The Morgan fingerprint density at radius 2 is 2.08 bits per heavy atom. The van der Waals surface area contributed by atoms with E-state index in [1.165, 1.54) is 23.6 Å². The van der Waals surface area contributed by atoms with Gasteiger partial charge in [0.25, 0.3) is 0 Å². The molecule has 4 heterocycles. The summed E-state index contributed by atoms with van der Waals surface area (Å²) in [7, 11) is 4.37. The minimum atomic E-state index is -0.215. The van der Waals surface area contributed by atoms with Crippen molar-refractivity contribution in [1.82, 2.24) is 24.7 Å². The molecule has 1 amide bonds. The smallest absolute Gasteiger partial charge is 0.318 e. The number of hydrogen-bond donors (Lipinski definition) is 0. The second-order valence-corrected chi connectivity index (χ2v) is 11.7. The number of piperazine rings is 1. The third-order valence-corrected chi connectivity index (χ3v) is 9.58. The zero-order valence-corrected chi connectivity index (χ0v) is 23.7. The van der Waals surface area contributed by atoms with Crippen LogP contribution in [0.3, 0.4) is 0 Å². The van der Waals surface area contributed by atoms with Gasteiger partial charge in [-0.3, -0.25) is 9.69 Å². The minimum absolute atomic E-state index is 0.0835. The number of nitrogens with zero attached hydrogens (tertiary/aromatic N) is 7. The van der Waals surface area contributed by atoms with Gasteiger partial charge in [0.2, 0.25) is 12.5 Å². The second-order valence-electron chi connectivity index (χ2n) is 11.7. The normalized spacial score (nSPS) is 26.4. The highest BCUT2D eigenvalue weighted by atomic mass is 16.5. The van der Waals surface area contributed by atoms with Gasteiger partial charge in [0.15, 0.2) is 0 Å². The molecule has 2 aromatic rings. The number of anilines is 1. The lowest BCUT2D eigenvalue weighted by molar-refractivity contribution is -0.128. The van der Waals surface area contributed by atoms with Crippen LogP contribution in [0.5, 0.6) is 6.01 Å². The van der Waals surface area contributed by atoms with Gasteiger partial charge < -0.3 is 24.3 Å². The van der Waals surface area contributed by atoms with Gasteiger partial charge in [0.1, 0.15) is 18.5 Å². The number of amides is 1. The van der Waals surface area contributed by atoms with E-state index in [0.717, 1.165) is 55.8 Å². The second kappa shape index (κ2) is 10.8. The van der Waals surface area contributed by atoms with Crippen molar-refractivity contribution < 1.29 is 9.53 Å². The summed E-state index contributed by atoms with van der Waals surface area (Å²) in [6.45, 7) is 15.5. The molecule has 40 heavy (non-hydrogen) atoms. The lowest BCUT2D eigenvalue weighted by Crippen LogP contribution is -2.56. The fourth-order valence-corrected chi connectivity index (χ4v) is 7.26.